The molecule has 0 radical (unpaired) electrons. The number of likely N-dealkylation sites (N-methyl/N-ethyl adjacent to an activating group) is 1. The zero-order chi connectivity index (χ0) is 25.8. The molecular weight excluding hydrogens is 458 g/mol. The summed E-state index contributed by atoms with van der Waals surface area (Å²) in [5.74, 6) is -0.380. The number of benzene rings is 2. The van der Waals surface area contributed by atoms with Crippen LogP contribution >= 0.6 is 0 Å². The van der Waals surface area contributed by atoms with E-state index in [1.807, 2.05) is 37.2 Å². The van der Waals surface area contributed by atoms with E-state index >= 15 is 0 Å². The first-order valence-corrected chi connectivity index (χ1v) is 12.4. The first-order chi connectivity index (χ1) is 17.2. The highest BCUT2D eigenvalue weighted by Crippen LogP contribution is 2.41. The van der Waals surface area contributed by atoms with Gasteiger partial charge in [0.05, 0.1) is 6.61 Å². The average Bonchev–Trinajstić information content (AvgIpc) is 3.50. The van der Waals surface area contributed by atoms with Gasteiger partial charge >= 0.3 is 0 Å². The Kier molecular flexibility index (Phi) is 7.84. The molecule has 8 nitrogen and oxygen atoms in total. The normalized spacial score (nSPS) is 15.6. The van der Waals surface area contributed by atoms with Crippen molar-refractivity contribution in [3.05, 3.63) is 58.7 Å². The summed E-state index contributed by atoms with van der Waals surface area (Å²) >= 11 is 0. The van der Waals surface area contributed by atoms with Gasteiger partial charge in [0.25, 0.3) is 5.91 Å². The summed E-state index contributed by atoms with van der Waals surface area (Å²) in [5, 5.41) is 23.9. The lowest BCUT2D eigenvalue weighted by Crippen LogP contribution is -2.26. The minimum absolute atomic E-state index is 0.0632. The number of ether oxygens (including phenoxy) is 1. The molecule has 192 valence electrons. The molecule has 1 fully saturated rings. The number of nitrogens with one attached hydrogen (secondary N) is 1. The van der Waals surface area contributed by atoms with Gasteiger partial charge in [0.15, 0.2) is 0 Å². The van der Waals surface area contributed by atoms with Gasteiger partial charge in [-0.25, -0.2) is 0 Å². The number of phenols is 2. The third kappa shape index (κ3) is 5.65. The van der Waals surface area contributed by atoms with Crippen molar-refractivity contribution < 1.29 is 24.5 Å². The summed E-state index contributed by atoms with van der Waals surface area (Å²) in [6.07, 6.45) is 7.78. The van der Waals surface area contributed by atoms with Gasteiger partial charge in [-0.2, -0.15) is 0 Å². The smallest absolute Gasteiger partial charge is 0.262 e. The van der Waals surface area contributed by atoms with Crippen molar-refractivity contribution in [3.63, 3.8) is 0 Å². The number of hydrogen-bond acceptors (Lipinski definition) is 6. The minimum Gasteiger partial charge on any atom is -0.507 e. The first-order valence-electron chi connectivity index (χ1n) is 12.4. The number of fused-ring (bicyclic) bond motifs is 1. The zero-order valence-corrected chi connectivity index (χ0v) is 21.2. The second kappa shape index (κ2) is 11.0. The molecule has 1 heterocycles. The number of rotatable bonds is 8. The molecule has 2 aromatic carbocycles. The summed E-state index contributed by atoms with van der Waals surface area (Å²) in [7, 11) is 3.85. The lowest BCUT2D eigenvalue weighted by Gasteiger charge is -2.22. The molecule has 2 aromatic rings. The summed E-state index contributed by atoms with van der Waals surface area (Å²) in [4.78, 5) is 29.6. The zero-order valence-electron chi connectivity index (χ0n) is 21.2. The van der Waals surface area contributed by atoms with Gasteiger partial charge in [0, 0.05) is 48.6 Å². The van der Waals surface area contributed by atoms with Crippen LogP contribution in [0.1, 0.15) is 52.7 Å². The van der Waals surface area contributed by atoms with Crippen LogP contribution in [0.2, 0.25) is 0 Å². The van der Waals surface area contributed by atoms with Gasteiger partial charge in [-0.3, -0.25) is 9.59 Å². The number of anilines is 1. The standard InChI is InChI=1S/C28H35N3O5/c1-18-23(32)14-24(33)26(27(18)36-17-19-8-4-5-9-19)28(35)31-15-20-10-6-11-22(21(20)16-31)29-25(34)12-7-13-30(2)3/h6-7,10-12,14,19,32-33H,4-5,8-9,13,15-17H2,1-3H3,(H,29,34)/b12-7+. The van der Waals surface area contributed by atoms with Crippen LogP contribution in [0.4, 0.5) is 5.69 Å². The van der Waals surface area contributed by atoms with Crippen LogP contribution in [0, 0.1) is 12.8 Å². The summed E-state index contributed by atoms with van der Waals surface area (Å²) in [6, 6.07) is 6.80. The van der Waals surface area contributed by atoms with Crippen molar-refractivity contribution in [3.8, 4) is 17.2 Å². The Hall–Kier alpha value is -3.52. The molecule has 2 aliphatic rings. The molecule has 0 aromatic heterocycles. The second-order valence-electron chi connectivity index (χ2n) is 9.96. The quantitative estimate of drug-likeness (QED) is 0.477. The van der Waals surface area contributed by atoms with E-state index in [2.05, 4.69) is 5.32 Å². The average molecular weight is 494 g/mol. The van der Waals surface area contributed by atoms with Gasteiger partial charge in [0.1, 0.15) is 22.8 Å². The molecule has 0 bridgehead atoms. The lowest BCUT2D eigenvalue weighted by atomic mass is 10.0. The Bertz CT molecular complexity index is 1170. The monoisotopic (exact) mass is 493 g/mol. The number of nitrogens with zero attached hydrogens (tertiary/aromatic N) is 2. The van der Waals surface area contributed by atoms with Gasteiger partial charge in [-0.05, 0) is 51.4 Å². The molecule has 2 amide bonds. The number of phenolic OH excluding ortho intramolecular Hbond substituents is 2. The van der Waals surface area contributed by atoms with Crippen LogP contribution in [0.15, 0.2) is 36.4 Å². The van der Waals surface area contributed by atoms with Crippen LogP contribution in [-0.4, -0.2) is 59.1 Å². The van der Waals surface area contributed by atoms with Crippen molar-refractivity contribution in [1.82, 2.24) is 9.80 Å². The van der Waals surface area contributed by atoms with Crippen LogP contribution < -0.4 is 10.1 Å². The molecule has 8 heteroatoms. The Labute approximate surface area is 212 Å². The third-order valence-electron chi connectivity index (χ3n) is 6.90. The van der Waals surface area contributed by atoms with E-state index < -0.39 is 0 Å². The number of carbonyl (C=O) groups is 2. The van der Waals surface area contributed by atoms with Crippen molar-refractivity contribution in [2.75, 3.05) is 32.6 Å². The summed E-state index contributed by atoms with van der Waals surface area (Å²) < 4.78 is 6.07. The largest absolute Gasteiger partial charge is 0.507 e. The fourth-order valence-electron chi connectivity index (χ4n) is 4.88. The van der Waals surface area contributed by atoms with Crippen LogP contribution in [0.3, 0.4) is 0 Å². The van der Waals surface area contributed by atoms with Crippen molar-refractivity contribution in [1.29, 1.82) is 0 Å². The van der Waals surface area contributed by atoms with E-state index in [0.717, 1.165) is 24.0 Å². The van der Waals surface area contributed by atoms with Gasteiger partial charge < -0.3 is 30.1 Å². The van der Waals surface area contributed by atoms with Crippen molar-refractivity contribution >= 4 is 17.5 Å². The summed E-state index contributed by atoms with van der Waals surface area (Å²) in [6.45, 7) is 3.42. The lowest BCUT2D eigenvalue weighted by molar-refractivity contribution is -0.111. The number of hydrogen-bond donors (Lipinski definition) is 3. The molecular formula is C28H35N3O5. The molecule has 1 saturated carbocycles. The molecule has 3 N–H and O–H groups in total. The second-order valence-corrected chi connectivity index (χ2v) is 9.96. The van der Waals surface area contributed by atoms with Crippen LogP contribution in [-0.2, 0) is 17.9 Å². The summed E-state index contributed by atoms with van der Waals surface area (Å²) in [5.41, 5.74) is 2.95. The molecule has 0 spiro atoms. The maximum atomic E-state index is 13.7. The van der Waals surface area contributed by atoms with E-state index in [1.54, 1.807) is 17.9 Å². The Morgan fingerprint density at radius 3 is 2.64 bits per heavy atom. The SMILES string of the molecule is Cc1c(O)cc(O)c(C(=O)N2Cc3cccc(NC(=O)/C=C/CN(C)C)c3C2)c1OCC1CCCC1. The van der Waals surface area contributed by atoms with E-state index in [4.69, 9.17) is 4.74 Å². The first kappa shape index (κ1) is 25.6. The maximum absolute atomic E-state index is 13.7. The maximum Gasteiger partial charge on any atom is 0.262 e. The topological polar surface area (TPSA) is 102 Å². The molecule has 1 aliphatic carbocycles. The molecule has 4 rings (SSSR count). The van der Waals surface area contributed by atoms with Crippen LogP contribution in [0.5, 0.6) is 17.2 Å². The Morgan fingerprint density at radius 2 is 1.92 bits per heavy atom. The molecule has 0 atom stereocenters. The number of carbonyl (C=O) groups excluding carboxylic acids is 2. The Balaban J connectivity index is 1.54. The van der Waals surface area contributed by atoms with Gasteiger partial charge in [-0.15, -0.1) is 0 Å². The molecule has 36 heavy (non-hydrogen) atoms. The van der Waals surface area contributed by atoms with Crippen molar-refractivity contribution in [2.45, 2.75) is 45.7 Å². The number of amides is 2. The van der Waals surface area contributed by atoms with E-state index in [-0.39, 0.29) is 41.2 Å². The number of aromatic hydroxyl groups is 2. The van der Waals surface area contributed by atoms with Gasteiger partial charge in [-0.1, -0.05) is 31.1 Å². The third-order valence-corrected chi connectivity index (χ3v) is 6.90. The predicted octanol–water partition coefficient (Wildman–Crippen LogP) is 4.19. The fraction of sp³-hybridized carbons (Fsp3) is 0.429. The molecule has 0 saturated heterocycles. The van der Waals surface area contributed by atoms with Crippen LogP contribution in [0.25, 0.3) is 0 Å². The fourth-order valence-corrected chi connectivity index (χ4v) is 4.88. The molecule has 0 unspecified atom stereocenters. The van der Waals surface area contributed by atoms with E-state index in [1.165, 1.54) is 25.0 Å². The van der Waals surface area contributed by atoms with E-state index in [9.17, 15) is 19.8 Å². The Morgan fingerprint density at radius 1 is 1.17 bits per heavy atom. The van der Waals surface area contributed by atoms with Crippen molar-refractivity contribution in [2.24, 2.45) is 5.92 Å². The highest BCUT2D eigenvalue weighted by molar-refractivity contribution is 6.02. The highest BCUT2D eigenvalue weighted by Gasteiger charge is 2.32. The highest BCUT2D eigenvalue weighted by atomic mass is 16.5. The predicted molar refractivity (Wildman–Crippen MR) is 138 cm³/mol. The minimum atomic E-state index is -0.378. The molecule has 1 aliphatic heterocycles. The van der Waals surface area contributed by atoms with E-state index in [0.29, 0.717) is 36.9 Å². The van der Waals surface area contributed by atoms with Gasteiger partial charge in [0.2, 0.25) is 5.91 Å².